The van der Waals surface area contributed by atoms with Crippen molar-refractivity contribution in [2.45, 2.75) is 6.92 Å². The molecule has 2 aromatic rings. The smallest absolute Gasteiger partial charge is 0.361 e. The van der Waals surface area contributed by atoms with E-state index >= 15 is 0 Å². The van der Waals surface area contributed by atoms with Crippen molar-refractivity contribution in [3.05, 3.63) is 23.1 Å². The van der Waals surface area contributed by atoms with Crippen molar-refractivity contribution in [2.24, 2.45) is 0 Å². The number of fused-ring (bicyclic) bond motifs is 1. The summed E-state index contributed by atoms with van der Waals surface area (Å²) in [5.74, 6) is -0.420. The molecule has 0 bridgehead atoms. The second-order valence-electron chi connectivity index (χ2n) is 3.11. The first kappa shape index (κ1) is 11.7. The van der Waals surface area contributed by atoms with E-state index in [1.54, 1.807) is 13.0 Å². The summed E-state index contributed by atoms with van der Waals surface area (Å²) in [7, 11) is 1.40. The standard InChI is InChI=1S/C10H10ClN3O3/c1-3-17-10(15)7-8(16-2)9(11)14-6(13-7)4-5-12-14/h4-5H,3H2,1-2H3. The summed E-state index contributed by atoms with van der Waals surface area (Å²) in [5, 5.41) is 4.15. The Hall–Kier alpha value is -1.82. The van der Waals surface area contributed by atoms with E-state index in [2.05, 4.69) is 10.1 Å². The average molecular weight is 256 g/mol. The molecule has 0 saturated carbocycles. The minimum absolute atomic E-state index is 0.0485. The van der Waals surface area contributed by atoms with Crippen LogP contribution in [-0.2, 0) is 4.74 Å². The molecule has 7 heteroatoms. The summed E-state index contributed by atoms with van der Waals surface area (Å²) in [4.78, 5) is 15.8. The van der Waals surface area contributed by atoms with Gasteiger partial charge in [-0.25, -0.2) is 9.78 Å². The van der Waals surface area contributed by atoms with Crippen LogP contribution in [0.2, 0.25) is 5.15 Å². The first-order chi connectivity index (χ1) is 8.19. The molecule has 0 amide bonds. The summed E-state index contributed by atoms with van der Waals surface area (Å²) in [6, 6.07) is 1.63. The molecule has 0 N–H and O–H groups in total. The molecule has 0 unspecified atom stereocenters. The average Bonchev–Trinajstić information content (AvgIpc) is 2.77. The van der Waals surface area contributed by atoms with E-state index in [0.29, 0.717) is 5.65 Å². The molecule has 17 heavy (non-hydrogen) atoms. The molecule has 0 saturated heterocycles. The van der Waals surface area contributed by atoms with Gasteiger partial charge in [-0.2, -0.15) is 9.61 Å². The maximum Gasteiger partial charge on any atom is 0.361 e. The molecule has 0 aliphatic carbocycles. The Bertz CT molecular complexity index is 567. The SMILES string of the molecule is CCOC(=O)c1nc2ccnn2c(Cl)c1OC. The van der Waals surface area contributed by atoms with Gasteiger partial charge in [-0.3, -0.25) is 0 Å². The predicted octanol–water partition coefficient (Wildman–Crippen LogP) is 1.57. The van der Waals surface area contributed by atoms with Crippen molar-refractivity contribution in [3.8, 4) is 5.75 Å². The Morgan fingerprint density at radius 3 is 3.00 bits per heavy atom. The lowest BCUT2D eigenvalue weighted by Crippen LogP contribution is -2.11. The molecular weight excluding hydrogens is 246 g/mol. The molecule has 2 rings (SSSR count). The number of hydrogen-bond acceptors (Lipinski definition) is 5. The van der Waals surface area contributed by atoms with Crippen LogP contribution in [0.15, 0.2) is 12.3 Å². The Balaban J connectivity index is 2.64. The molecule has 6 nitrogen and oxygen atoms in total. The number of carbonyl (C=O) groups is 1. The van der Waals surface area contributed by atoms with Crippen LogP contribution in [-0.4, -0.2) is 34.3 Å². The van der Waals surface area contributed by atoms with E-state index in [-0.39, 0.29) is 23.2 Å². The second-order valence-corrected chi connectivity index (χ2v) is 3.46. The maximum absolute atomic E-state index is 11.7. The van der Waals surface area contributed by atoms with Gasteiger partial charge in [0.1, 0.15) is 0 Å². The van der Waals surface area contributed by atoms with E-state index in [4.69, 9.17) is 21.1 Å². The van der Waals surface area contributed by atoms with Gasteiger partial charge in [-0.05, 0) is 6.92 Å². The highest BCUT2D eigenvalue weighted by molar-refractivity contribution is 6.31. The van der Waals surface area contributed by atoms with Crippen LogP contribution in [0, 0.1) is 0 Å². The molecule has 0 aliphatic rings. The van der Waals surface area contributed by atoms with Crippen molar-refractivity contribution in [1.82, 2.24) is 14.6 Å². The number of esters is 1. The lowest BCUT2D eigenvalue weighted by molar-refractivity contribution is 0.0515. The third-order valence-electron chi connectivity index (χ3n) is 2.11. The number of carbonyl (C=O) groups excluding carboxylic acids is 1. The van der Waals surface area contributed by atoms with Gasteiger partial charge in [0.15, 0.2) is 22.2 Å². The minimum Gasteiger partial charge on any atom is -0.491 e. The van der Waals surface area contributed by atoms with Crippen LogP contribution in [0.1, 0.15) is 17.4 Å². The predicted molar refractivity (Wildman–Crippen MR) is 60.5 cm³/mol. The van der Waals surface area contributed by atoms with Crippen molar-refractivity contribution in [3.63, 3.8) is 0 Å². The molecule has 0 aliphatic heterocycles. The zero-order chi connectivity index (χ0) is 12.4. The molecule has 2 aromatic heterocycles. The van der Waals surface area contributed by atoms with Crippen molar-refractivity contribution in [1.29, 1.82) is 0 Å². The lowest BCUT2D eigenvalue weighted by atomic mass is 10.3. The molecule has 0 radical (unpaired) electrons. The molecule has 2 heterocycles. The van der Waals surface area contributed by atoms with Crippen LogP contribution >= 0.6 is 11.6 Å². The highest BCUT2D eigenvalue weighted by Gasteiger charge is 2.21. The lowest BCUT2D eigenvalue weighted by Gasteiger charge is -2.09. The fourth-order valence-electron chi connectivity index (χ4n) is 1.41. The topological polar surface area (TPSA) is 65.7 Å². The summed E-state index contributed by atoms with van der Waals surface area (Å²) in [5.41, 5.74) is 0.506. The molecule has 0 spiro atoms. The summed E-state index contributed by atoms with van der Waals surface area (Å²) in [6.45, 7) is 1.97. The van der Waals surface area contributed by atoms with Gasteiger partial charge < -0.3 is 9.47 Å². The van der Waals surface area contributed by atoms with E-state index < -0.39 is 5.97 Å². The Kier molecular flexibility index (Phi) is 3.14. The number of aromatic nitrogens is 3. The maximum atomic E-state index is 11.7. The Labute approximate surface area is 102 Å². The second kappa shape index (κ2) is 4.58. The molecule has 90 valence electrons. The highest BCUT2D eigenvalue weighted by Crippen LogP contribution is 2.28. The van der Waals surface area contributed by atoms with Gasteiger partial charge in [0.2, 0.25) is 0 Å². The molecule has 0 fully saturated rings. The quantitative estimate of drug-likeness (QED) is 0.615. The van der Waals surface area contributed by atoms with Crippen molar-refractivity contribution < 1.29 is 14.3 Å². The first-order valence-corrected chi connectivity index (χ1v) is 5.31. The number of methoxy groups -OCH3 is 1. The summed E-state index contributed by atoms with van der Waals surface area (Å²) in [6.07, 6.45) is 1.53. The number of rotatable bonds is 3. The summed E-state index contributed by atoms with van der Waals surface area (Å²) >= 11 is 6.06. The minimum atomic E-state index is -0.574. The Morgan fingerprint density at radius 1 is 1.59 bits per heavy atom. The van der Waals surface area contributed by atoms with Gasteiger partial charge in [0.05, 0.1) is 19.9 Å². The van der Waals surface area contributed by atoms with E-state index in [9.17, 15) is 4.79 Å². The van der Waals surface area contributed by atoms with Crippen LogP contribution in [0.3, 0.4) is 0 Å². The van der Waals surface area contributed by atoms with Crippen LogP contribution in [0.25, 0.3) is 5.65 Å². The zero-order valence-corrected chi connectivity index (χ0v) is 10.1. The highest BCUT2D eigenvalue weighted by atomic mass is 35.5. The normalized spacial score (nSPS) is 10.5. The van der Waals surface area contributed by atoms with Gasteiger partial charge in [0.25, 0.3) is 0 Å². The van der Waals surface area contributed by atoms with Crippen molar-refractivity contribution >= 4 is 23.2 Å². The van der Waals surface area contributed by atoms with Crippen LogP contribution in [0.5, 0.6) is 5.75 Å². The van der Waals surface area contributed by atoms with Gasteiger partial charge in [0, 0.05) is 6.07 Å². The number of ether oxygens (including phenoxy) is 2. The number of halogens is 1. The third-order valence-corrected chi connectivity index (χ3v) is 2.44. The third kappa shape index (κ3) is 1.91. The Morgan fingerprint density at radius 2 is 2.35 bits per heavy atom. The van der Waals surface area contributed by atoms with Crippen LogP contribution < -0.4 is 4.74 Å². The first-order valence-electron chi connectivity index (χ1n) is 4.93. The zero-order valence-electron chi connectivity index (χ0n) is 9.31. The van der Waals surface area contributed by atoms with E-state index in [1.165, 1.54) is 17.8 Å². The number of nitrogens with zero attached hydrogens (tertiary/aromatic N) is 3. The molecule has 0 atom stereocenters. The number of hydrogen-bond donors (Lipinski definition) is 0. The van der Waals surface area contributed by atoms with Crippen molar-refractivity contribution in [2.75, 3.05) is 13.7 Å². The fraction of sp³-hybridized carbons (Fsp3) is 0.300. The molecular formula is C10H10ClN3O3. The van der Waals surface area contributed by atoms with E-state index in [0.717, 1.165) is 0 Å². The fourth-order valence-corrected chi connectivity index (χ4v) is 1.71. The van der Waals surface area contributed by atoms with Gasteiger partial charge in [-0.1, -0.05) is 11.6 Å². The van der Waals surface area contributed by atoms with Gasteiger partial charge in [-0.15, -0.1) is 0 Å². The van der Waals surface area contributed by atoms with E-state index in [1.807, 2.05) is 0 Å². The monoisotopic (exact) mass is 255 g/mol. The molecule has 0 aromatic carbocycles. The van der Waals surface area contributed by atoms with Crippen LogP contribution in [0.4, 0.5) is 0 Å². The largest absolute Gasteiger partial charge is 0.491 e. The summed E-state index contributed by atoms with van der Waals surface area (Å²) < 4.78 is 11.3. The van der Waals surface area contributed by atoms with Gasteiger partial charge >= 0.3 is 5.97 Å².